The molecule has 0 aliphatic carbocycles. The molecule has 0 aromatic heterocycles. The van der Waals surface area contributed by atoms with Crippen molar-refractivity contribution in [3.8, 4) is 17.2 Å². The monoisotopic (exact) mass is 534 g/mol. The molecule has 0 spiro atoms. The van der Waals surface area contributed by atoms with E-state index in [9.17, 15) is 0 Å². The molecule has 1 heterocycles. The van der Waals surface area contributed by atoms with Crippen LogP contribution in [0.1, 0.15) is 33.3 Å². The van der Waals surface area contributed by atoms with Crippen LogP contribution in [0.25, 0.3) is 0 Å². The summed E-state index contributed by atoms with van der Waals surface area (Å²) in [4.78, 5) is 7.31. The summed E-state index contributed by atoms with van der Waals surface area (Å²) >= 11 is 0. The first kappa shape index (κ1) is 26.6. The van der Waals surface area contributed by atoms with E-state index in [1.165, 1.54) is 0 Å². The molecule has 2 N–H and O–H groups in total. The lowest BCUT2D eigenvalue weighted by molar-refractivity contribution is 0.265. The molecule has 1 aliphatic rings. The van der Waals surface area contributed by atoms with Crippen LogP contribution >= 0.6 is 24.0 Å². The molecule has 30 heavy (non-hydrogen) atoms. The highest BCUT2D eigenvalue weighted by Gasteiger charge is 2.31. The number of nitrogens with one attached hydrogen (secondary N) is 2. The summed E-state index contributed by atoms with van der Waals surface area (Å²) < 4.78 is 16.4. The summed E-state index contributed by atoms with van der Waals surface area (Å²) in [6.07, 6.45) is 0.748. The van der Waals surface area contributed by atoms with Crippen molar-refractivity contribution in [2.75, 3.05) is 47.5 Å². The predicted octanol–water partition coefficient (Wildman–Crippen LogP) is 3.16. The van der Waals surface area contributed by atoms with Crippen LogP contribution in [0.2, 0.25) is 0 Å². The maximum absolute atomic E-state index is 5.58. The number of aliphatic imine (C=N–C) groups is 1. The number of rotatable bonds is 9. The smallest absolute Gasteiger partial charge is 0.203 e. The number of benzene rings is 1. The fraction of sp³-hybridized carbons (Fsp3) is 0.682. The number of likely N-dealkylation sites (tertiary alicyclic amines) is 1. The average molecular weight is 534 g/mol. The Morgan fingerprint density at radius 3 is 2.37 bits per heavy atom. The van der Waals surface area contributed by atoms with Gasteiger partial charge in [-0.3, -0.25) is 9.89 Å². The van der Waals surface area contributed by atoms with Crippen molar-refractivity contribution in [1.82, 2.24) is 15.5 Å². The first-order valence-electron chi connectivity index (χ1n) is 10.5. The Morgan fingerprint density at radius 1 is 1.13 bits per heavy atom. The topological polar surface area (TPSA) is 67.4 Å². The van der Waals surface area contributed by atoms with Gasteiger partial charge in [0.25, 0.3) is 0 Å². The van der Waals surface area contributed by atoms with Gasteiger partial charge >= 0.3 is 0 Å². The van der Waals surface area contributed by atoms with Gasteiger partial charge in [-0.15, -0.1) is 24.0 Å². The Kier molecular flexibility index (Phi) is 11.6. The molecule has 2 unspecified atom stereocenters. The van der Waals surface area contributed by atoms with Gasteiger partial charge in [0.05, 0.1) is 21.3 Å². The van der Waals surface area contributed by atoms with Gasteiger partial charge in [0.2, 0.25) is 5.75 Å². The highest BCUT2D eigenvalue weighted by molar-refractivity contribution is 14.0. The highest BCUT2D eigenvalue weighted by Crippen LogP contribution is 2.39. The maximum Gasteiger partial charge on any atom is 0.203 e. The molecule has 0 radical (unpaired) electrons. The zero-order valence-corrected chi connectivity index (χ0v) is 21.8. The Morgan fingerprint density at radius 2 is 1.83 bits per heavy atom. The largest absolute Gasteiger partial charge is 0.493 e. The quantitative estimate of drug-likeness (QED) is 0.288. The van der Waals surface area contributed by atoms with E-state index in [0.717, 1.165) is 37.6 Å². The number of guanidine groups is 1. The molecule has 0 bridgehead atoms. The summed E-state index contributed by atoms with van der Waals surface area (Å²) in [5, 5.41) is 7.00. The van der Waals surface area contributed by atoms with Crippen LogP contribution < -0.4 is 24.8 Å². The van der Waals surface area contributed by atoms with Gasteiger partial charge in [0, 0.05) is 43.8 Å². The Hall–Kier alpha value is -1.42. The summed E-state index contributed by atoms with van der Waals surface area (Å²) in [5.74, 6) is 3.45. The lowest BCUT2D eigenvalue weighted by Crippen LogP contribution is -2.47. The Labute approximate surface area is 199 Å². The van der Waals surface area contributed by atoms with Gasteiger partial charge < -0.3 is 24.8 Å². The lowest BCUT2D eigenvalue weighted by atomic mass is 10.1. The van der Waals surface area contributed by atoms with Crippen LogP contribution in [0.4, 0.5) is 0 Å². The molecule has 2 atom stereocenters. The average Bonchev–Trinajstić information content (AvgIpc) is 3.08. The minimum absolute atomic E-state index is 0. The number of nitrogens with zero attached hydrogens (tertiary/aromatic N) is 2. The molecule has 1 aliphatic heterocycles. The first-order valence-corrected chi connectivity index (χ1v) is 10.5. The molecular weight excluding hydrogens is 495 g/mol. The van der Waals surface area contributed by atoms with E-state index in [-0.39, 0.29) is 24.0 Å². The molecule has 1 aromatic carbocycles. The standard InChI is InChI=1S/C22H38N4O3.HI/c1-8-23-22(25-18-14-26(15(2)3)13-16(18)4)24-12-11-17-9-10-19(27-5)21(29-7)20(17)28-6;/h9-10,15-16,18H,8,11-14H2,1-7H3,(H2,23,24,25);1H. The molecule has 1 aromatic rings. The minimum Gasteiger partial charge on any atom is -0.493 e. The van der Waals surface area contributed by atoms with E-state index in [0.29, 0.717) is 41.8 Å². The molecule has 2 rings (SSSR count). The molecule has 1 fully saturated rings. The van der Waals surface area contributed by atoms with Crippen LogP contribution in [0.15, 0.2) is 17.1 Å². The first-order chi connectivity index (χ1) is 13.9. The van der Waals surface area contributed by atoms with Crippen molar-refractivity contribution in [1.29, 1.82) is 0 Å². The molecule has 0 amide bonds. The van der Waals surface area contributed by atoms with Crippen molar-refractivity contribution in [3.05, 3.63) is 17.7 Å². The zero-order valence-electron chi connectivity index (χ0n) is 19.4. The van der Waals surface area contributed by atoms with Gasteiger partial charge in [-0.05, 0) is 39.2 Å². The van der Waals surface area contributed by atoms with Crippen LogP contribution in [-0.2, 0) is 6.42 Å². The molecule has 172 valence electrons. The number of hydrogen-bond donors (Lipinski definition) is 2. The van der Waals surface area contributed by atoms with Crippen molar-refractivity contribution >= 4 is 29.9 Å². The fourth-order valence-corrected chi connectivity index (χ4v) is 3.76. The van der Waals surface area contributed by atoms with Gasteiger partial charge in [0.15, 0.2) is 17.5 Å². The fourth-order valence-electron chi connectivity index (χ4n) is 3.76. The minimum atomic E-state index is 0. The zero-order chi connectivity index (χ0) is 21.4. The lowest BCUT2D eigenvalue weighted by Gasteiger charge is -2.22. The van der Waals surface area contributed by atoms with Gasteiger partial charge in [0.1, 0.15) is 0 Å². The third kappa shape index (κ3) is 6.80. The van der Waals surface area contributed by atoms with Crippen LogP contribution in [0.5, 0.6) is 17.2 Å². The Bertz CT molecular complexity index is 685. The number of hydrogen-bond acceptors (Lipinski definition) is 5. The van der Waals surface area contributed by atoms with E-state index in [2.05, 4.69) is 43.2 Å². The van der Waals surface area contributed by atoms with E-state index < -0.39 is 0 Å². The summed E-state index contributed by atoms with van der Waals surface area (Å²) in [6.45, 7) is 12.6. The molecule has 7 nitrogen and oxygen atoms in total. The van der Waals surface area contributed by atoms with Gasteiger partial charge in [-0.1, -0.05) is 13.0 Å². The highest BCUT2D eigenvalue weighted by atomic mass is 127. The van der Waals surface area contributed by atoms with Crippen LogP contribution in [0, 0.1) is 5.92 Å². The third-order valence-electron chi connectivity index (χ3n) is 5.47. The van der Waals surface area contributed by atoms with Crippen molar-refractivity contribution in [2.24, 2.45) is 10.9 Å². The van der Waals surface area contributed by atoms with Crippen LogP contribution in [0.3, 0.4) is 0 Å². The van der Waals surface area contributed by atoms with Crippen molar-refractivity contribution in [2.45, 2.75) is 46.2 Å². The maximum atomic E-state index is 5.58. The number of methoxy groups -OCH3 is 3. The number of halogens is 1. The summed E-state index contributed by atoms with van der Waals surface area (Å²) in [6, 6.07) is 4.90. The van der Waals surface area contributed by atoms with Gasteiger partial charge in [-0.2, -0.15) is 0 Å². The van der Waals surface area contributed by atoms with Gasteiger partial charge in [-0.25, -0.2) is 0 Å². The van der Waals surface area contributed by atoms with Crippen LogP contribution in [-0.4, -0.2) is 70.5 Å². The molecule has 8 heteroatoms. The van der Waals surface area contributed by atoms with Crippen molar-refractivity contribution < 1.29 is 14.2 Å². The van der Waals surface area contributed by atoms with E-state index in [1.807, 2.05) is 12.1 Å². The molecule has 0 saturated carbocycles. The van der Waals surface area contributed by atoms with E-state index in [1.54, 1.807) is 21.3 Å². The molecular formula is C22H39IN4O3. The van der Waals surface area contributed by atoms with E-state index >= 15 is 0 Å². The molecule has 1 saturated heterocycles. The SMILES string of the molecule is CCNC(=NCCc1ccc(OC)c(OC)c1OC)NC1CN(C(C)C)CC1C.I. The Balaban J connectivity index is 0.00000450. The second kappa shape index (κ2) is 13.1. The van der Waals surface area contributed by atoms with E-state index in [4.69, 9.17) is 19.2 Å². The summed E-state index contributed by atoms with van der Waals surface area (Å²) in [5.41, 5.74) is 1.05. The predicted molar refractivity (Wildman–Crippen MR) is 134 cm³/mol. The third-order valence-corrected chi connectivity index (χ3v) is 5.47. The second-order valence-corrected chi connectivity index (χ2v) is 7.78. The second-order valence-electron chi connectivity index (χ2n) is 7.78. The van der Waals surface area contributed by atoms with Crippen molar-refractivity contribution in [3.63, 3.8) is 0 Å². The summed E-state index contributed by atoms with van der Waals surface area (Å²) in [7, 11) is 4.90. The normalized spacial score (nSPS) is 19.4. The number of ether oxygens (including phenoxy) is 3.